The number of amidine groups is 1. The summed E-state index contributed by atoms with van der Waals surface area (Å²) in [4.78, 5) is 33.6. The Bertz CT molecular complexity index is 1150. The van der Waals surface area contributed by atoms with Crippen LogP contribution >= 0.6 is 11.8 Å². The average molecular weight is 449 g/mol. The third-order valence-electron chi connectivity index (χ3n) is 5.23. The van der Waals surface area contributed by atoms with Crippen LogP contribution in [0.1, 0.15) is 36.1 Å². The number of fused-ring (bicyclic) bond motifs is 1. The topological polar surface area (TPSA) is 102 Å². The standard InChI is InChI=1S/C23H24N6O2S/c1-14(2)19(26-21(30)15-9-5-4-6-10-15)20-27-28-23(29(20)3)32-13-18-24-17-12-8-7-11-16(17)22(31)25-18/h4-12,14,16,19H,13H2,1-3H3,(H,26,30). The number of hydrogen-bond acceptors (Lipinski definition) is 6. The molecule has 2 amide bonds. The van der Waals surface area contributed by atoms with Crippen molar-refractivity contribution in [2.45, 2.75) is 25.0 Å². The molecule has 0 spiro atoms. The minimum atomic E-state index is -0.379. The van der Waals surface area contributed by atoms with Crippen molar-refractivity contribution in [3.05, 3.63) is 66.0 Å². The maximum atomic E-state index is 12.7. The third kappa shape index (κ3) is 4.62. The molecule has 0 bridgehead atoms. The van der Waals surface area contributed by atoms with E-state index in [1.165, 1.54) is 11.8 Å². The van der Waals surface area contributed by atoms with E-state index in [0.717, 1.165) is 0 Å². The number of allylic oxidation sites excluding steroid dienone is 3. The molecule has 1 N–H and O–H groups in total. The lowest BCUT2D eigenvalue weighted by atomic mass is 9.97. The molecule has 0 radical (unpaired) electrons. The summed E-state index contributed by atoms with van der Waals surface area (Å²) in [6.07, 6.45) is 7.34. The number of aliphatic imine (C=N–C) groups is 2. The first-order valence-electron chi connectivity index (χ1n) is 10.4. The van der Waals surface area contributed by atoms with Crippen LogP contribution in [0.25, 0.3) is 0 Å². The second-order valence-electron chi connectivity index (χ2n) is 7.87. The van der Waals surface area contributed by atoms with E-state index in [1.54, 1.807) is 18.2 Å². The van der Waals surface area contributed by atoms with E-state index < -0.39 is 0 Å². The summed E-state index contributed by atoms with van der Waals surface area (Å²) in [6, 6.07) is 8.79. The highest BCUT2D eigenvalue weighted by atomic mass is 32.2. The lowest BCUT2D eigenvalue weighted by Gasteiger charge is -2.21. The van der Waals surface area contributed by atoms with E-state index in [-0.39, 0.29) is 29.7 Å². The molecule has 164 valence electrons. The Morgan fingerprint density at radius 1 is 1.16 bits per heavy atom. The number of hydrogen-bond donors (Lipinski definition) is 1. The summed E-state index contributed by atoms with van der Waals surface area (Å²) in [5.41, 5.74) is 1.31. The molecule has 1 aliphatic carbocycles. The predicted octanol–water partition coefficient (Wildman–Crippen LogP) is 3.16. The van der Waals surface area contributed by atoms with Gasteiger partial charge in [0.2, 0.25) is 0 Å². The maximum absolute atomic E-state index is 12.7. The number of benzene rings is 1. The smallest absolute Gasteiger partial charge is 0.260 e. The molecule has 1 aromatic carbocycles. The highest BCUT2D eigenvalue weighted by Crippen LogP contribution is 2.25. The Kier molecular flexibility index (Phi) is 6.45. The molecule has 4 rings (SSSR count). The molecule has 0 fully saturated rings. The summed E-state index contributed by atoms with van der Waals surface area (Å²) in [7, 11) is 1.87. The molecule has 8 nitrogen and oxygen atoms in total. The summed E-state index contributed by atoms with van der Waals surface area (Å²) in [5.74, 6) is 0.904. The van der Waals surface area contributed by atoms with Crippen LogP contribution < -0.4 is 5.32 Å². The van der Waals surface area contributed by atoms with Crippen LogP contribution in [0.3, 0.4) is 0 Å². The lowest BCUT2D eigenvalue weighted by Crippen LogP contribution is -2.33. The predicted molar refractivity (Wildman–Crippen MR) is 125 cm³/mol. The average Bonchev–Trinajstić information content (AvgIpc) is 3.16. The lowest BCUT2D eigenvalue weighted by molar-refractivity contribution is -0.118. The molecule has 2 heterocycles. The number of carbonyl (C=O) groups is 2. The Balaban J connectivity index is 1.47. The van der Waals surface area contributed by atoms with Gasteiger partial charge in [0.15, 0.2) is 11.0 Å². The van der Waals surface area contributed by atoms with Crippen molar-refractivity contribution in [3.63, 3.8) is 0 Å². The van der Waals surface area contributed by atoms with E-state index in [1.807, 2.05) is 61.9 Å². The van der Waals surface area contributed by atoms with Crippen molar-refractivity contribution in [1.82, 2.24) is 20.1 Å². The summed E-state index contributed by atoms with van der Waals surface area (Å²) in [5, 5.41) is 12.4. The molecular formula is C23H24N6O2S. The molecule has 2 aromatic rings. The monoisotopic (exact) mass is 448 g/mol. The zero-order chi connectivity index (χ0) is 22.7. The first-order valence-corrected chi connectivity index (χ1v) is 11.4. The molecule has 32 heavy (non-hydrogen) atoms. The second kappa shape index (κ2) is 9.44. The van der Waals surface area contributed by atoms with Crippen molar-refractivity contribution in [3.8, 4) is 0 Å². The van der Waals surface area contributed by atoms with Crippen LogP contribution in [0.2, 0.25) is 0 Å². The van der Waals surface area contributed by atoms with Crippen molar-refractivity contribution >= 4 is 35.1 Å². The zero-order valence-electron chi connectivity index (χ0n) is 18.1. The zero-order valence-corrected chi connectivity index (χ0v) is 18.9. The van der Waals surface area contributed by atoms with Crippen LogP contribution in [0.15, 0.2) is 69.8 Å². The number of aromatic nitrogens is 3. The van der Waals surface area contributed by atoms with Crippen molar-refractivity contribution in [1.29, 1.82) is 0 Å². The number of amides is 2. The van der Waals surface area contributed by atoms with Gasteiger partial charge in [-0.2, -0.15) is 4.99 Å². The highest BCUT2D eigenvalue weighted by molar-refractivity contribution is 7.99. The van der Waals surface area contributed by atoms with Crippen molar-refractivity contribution in [2.24, 2.45) is 28.9 Å². The van der Waals surface area contributed by atoms with Gasteiger partial charge in [-0.25, -0.2) is 4.99 Å². The van der Waals surface area contributed by atoms with Gasteiger partial charge in [0.05, 0.1) is 17.5 Å². The number of thioether (sulfide) groups is 1. The summed E-state index contributed by atoms with van der Waals surface area (Å²) in [6.45, 7) is 4.05. The molecule has 0 saturated carbocycles. The molecule has 9 heteroatoms. The Morgan fingerprint density at radius 2 is 1.94 bits per heavy atom. The minimum Gasteiger partial charge on any atom is -0.342 e. The molecular weight excluding hydrogens is 424 g/mol. The largest absolute Gasteiger partial charge is 0.342 e. The number of nitrogens with zero attached hydrogens (tertiary/aromatic N) is 5. The first kappa shape index (κ1) is 21.9. The fourth-order valence-corrected chi connectivity index (χ4v) is 4.25. The number of carbonyl (C=O) groups excluding carboxylic acids is 2. The van der Waals surface area contributed by atoms with Crippen LogP contribution in [0.5, 0.6) is 0 Å². The highest BCUT2D eigenvalue weighted by Gasteiger charge is 2.28. The third-order valence-corrected chi connectivity index (χ3v) is 6.25. The first-order chi connectivity index (χ1) is 15.4. The van der Waals surface area contributed by atoms with Gasteiger partial charge in [-0.15, -0.1) is 10.2 Å². The van der Waals surface area contributed by atoms with Crippen molar-refractivity contribution < 1.29 is 9.59 Å². The van der Waals surface area contributed by atoms with Gasteiger partial charge in [0.1, 0.15) is 11.8 Å². The molecule has 1 aliphatic heterocycles. The molecule has 0 saturated heterocycles. The van der Waals surface area contributed by atoms with Crippen LogP contribution in [0.4, 0.5) is 0 Å². The fraction of sp³-hybridized carbons (Fsp3) is 0.304. The van der Waals surface area contributed by atoms with Gasteiger partial charge in [-0.05, 0) is 24.1 Å². The van der Waals surface area contributed by atoms with E-state index in [4.69, 9.17) is 0 Å². The van der Waals surface area contributed by atoms with Gasteiger partial charge in [0.25, 0.3) is 11.8 Å². The number of nitrogens with one attached hydrogen (secondary N) is 1. The summed E-state index contributed by atoms with van der Waals surface area (Å²) >= 11 is 1.40. The Hall–Kier alpha value is -3.33. The molecule has 2 aliphatic rings. The maximum Gasteiger partial charge on any atom is 0.260 e. The Labute approximate surface area is 190 Å². The van der Waals surface area contributed by atoms with Gasteiger partial charge in [-0.1, -0.05) is 62.0 Å². The van der Waals surface area contributed by atoms with Crippen LogP contribution in [0, 0.1) is 11.8 Å². The van der Waals surface area contributed by atoms with E-state index >= 15 is 0 Å². The number of rotatable bonds is 7. The van der Waals surface area contributed by atoms with E-state index in [0.29, 0.717) is 33.8 Å². The normalized spacial score (nSPS) is 18.2. The SMILES string of the molecule is CC(C)C(NC(=O)c1ccccc1)c1nnc(SCC2=NC(=O)C3C=CC=CC3=N2)n1C. The van der Waals surface area contributed by atoms with E-state index in [9.17, 15) is 9.59 Å². The molecule has 2 atom stereocenters. The van der Waals surface area contributed by atoms with Crippen LogP contribution in [-0.4, -0.2) is 43.9 Å². The van der Waals surface area contributed by atoms with Gasteiger partial charge in [0, 0.05) is 12.6 Å². The summed E-state index contributed by atoms with van der Waals surface area (Å²) < 4.78 is 1.87. The minimum absolute atomic E-state index is 0.109. The van der Waals surface area contributed by atoms with Crippen LogP contribution in [-0.2, 0) is 11.8 Å². The fourth-order valence-electron chi connectivity index (χ4n) is 3.48. The van der Waals surface area contributed by atoms with Gasteiger partial charge in [-0.3, -0.25) is 9.59 Å². The quantitative estimate of drug-likeness (QED) is 0.656. The second-order valence-corrected chi connectivity index (χ2v) is 8.82. The van der Waals surface area contributed by atoms with Gasteiger partial charge >= 0.3 is 0 Å². The van der Waals surface area contributed by atoms with Gasteiger partial charge < -0.3 is 9.88 Å². The molecule has 2 unspecified atom stereocenters. The molecule has 1 aromatic heterocycles. The van der Waals surface area contributed by atoms with Crippen molar-refractivity contribution in [2.75, 3.05) is 5.75 Å². The Morgan fingerprint density at radius 3 is 2.69 bits per heavy atom. The van der Waals surface area contributed by atoms with E-state index in [2.05, 4.69) is 25.5 Å².